The summed E-state index contributed by atoms with van der Waals surface area (Å²) in [7, 11) is 3.94. The van der Waals surface area contributed by atoms with Gasteiger partial charge in [-0.25, -0.2) is 0 Å². The van der Waals surface area contributed by atoms with Gasteiger partial charge in [-0.1, -0.05) is 12.1 Å². The summed E-state index contributed by atoms with van der Waals surface area (Å²) in [6, 6.07) is 10.0. The maximum atomic E-state index is 13.3. The van der Waals surface area contributed by atoms with Gasteiger partial charge in [0.15, 0.2) is 16.9 Å². The van der Waals surface area contributed by atoms with Crippen LogP contribution in [0, 0.1) is 0 Å². The molecule has 1 atom stereocenters. The first-order chi connectivity index (χ1) is 15.4. The van der Waals surface area contributed by atoms with Gasteiger partial charge in [-0.3, -0.25) is 9.59 Å². The summed E-state index contributed by atoms with van der Waals surface area (Å²) in [4.78, 5) is 28.1. The minimum Gasteiger partial charge on any atom is -0.508 e. The highest BCUT2D eigenvalue weighted by atomic mass is 16.7. The maximum Gasteiger partial charge on any atom is 0.231 e. The monoisotopic (exact) mass is 438 g/mol. The molecule has 0 bridgehead atoms. The molecule has 0 unspecified atom stereocenters. The summed E-state index contributed by atoms with van der Waals surface area (Å²) in [5.74, 6) is -0.146. The summed E-state index contributed by atoms with van der Waals surface area (Å²) in [5.41, 5.74) is 0.916. The van der Waals surface area contributed by atoms with Crippen LogP contribution < -0.4 is 20.2 Å². The number of ether oxygens (including phenoxy) is 2. The number of hydrogen-bond acceptors (Lipinski definition) is 7. The van der Waals surface area contributed by atoms with E-state index in [-0.39, 0.29) is 30.3 Å². The van der Waals surface area contributed by atoms with E-state index < -0.39 is 5.92 Å². The fourth-order valence-electron chi connectivity index (χ4n) is 3.83. The standard InChI is InChI=1S/C24H26N2O6/c1-26(2)9-5-8-25-23(28)11-16(17-10-21-22(12-19(17)27)32-14-31-21)18-13-30-20-7-4-3-6-15(20)24(18)29/h3-4,6-7,10,12-13,16,27H,5,8-9,11,14H2,1-2H3,(H,25,28)/t16-/m1/s1. The number of para-hydroxylation sites is 1. The summed E-state index contributed by atoms with van der Waals surface area (Å²) in [5, 5.41) is 14.0. The lowest BCUT2D eigenvalue weighted by Crippen LogP contribution is -2.29. The third-order valence-corrected chi connectivity index (χ3v) is 5.47. The van der Waals surface area contributed by atoms with Crippen molar-refractivity contribution in [1.82, 2.24) is 10.2 Å². The number of phenols is 1. The highest BCUT2D eigenvalue weighted by Crippen LogP contribution is 2.42. The third-order valence-electron chi connectivity index (χ3n) is 5.47. The smallest absolute Gasteiger partial charge is 0.231 e. The molecule has 1 aromatic heterocycles. The van der Waals surface area contributed by atoms with Gasteiger partial charge in [-0.2, -0.15) is 0 Å². The van der Waals surface area contributed by atoms with E-state index in [0.29, 0.717) is 40.1 Å². The Morgan fingerprint density at radius 2 is 1.91 bits per heavy atom. The van der Waals surface area contributed by atoms with E-state index in [2.05, 4.69) is 5.32 Å². The Balaban J connectivity index is 1.69. The fourth-order valence-corrected chi connectivity index (χ4v) is 3.83. The number of hydrogen-bond donors (Lipinski definition) is 2. The van der Waals surface area contributed by atoms with Gasteiger partial charge in [0, 0.05) is 36.1 Å². The van der Waals surface area contributed by atoms with E-state index in [1.807, 2.05) is 19.0 Å². The van der Waals surface area contributed by atoms with E-state index >= 15 is 0 Å². The normalized spacial score (nSPS) is 13.5. The molecule has 2 heterocycles. The number of nitrogens with zero attached hydrogens (tertiary/aromatic N) is 1. The van der Waals surface area contributed by atoms with Gasteiger partial charge in [-0.15, -0.1) is 0 Å². The van der Waals surface area contributed by atoms with Gasteiger partial charge in [-0.05, 0) is 45.3 Å². The van der Waals surface area contributed by atoms with Crippen molar-refractivity contribution in [2.75, 3.05) is 34.0 Å². The number of fused-ring (bicyclic) bond motifs is 2. The molecular weight excluding hydrogens is 412 g/mol. The molecule has 1 amide bonds. The molecule has 1 aliphatic heterocycles. The lowest BCUT2D eigenvalue weighted by molar-refractivity contribution is -0.121. The predicted octanol–water partition coefficient (Wildman–Crippen LogP) is 2.82. The highest BCUT2D eigenvalue weighted by molar-refractivity contribution is 5.80. The van der Waals surface area contributed by atoms with E-state index in [1.54, 1.807) is 30.3 Å². The minimum atomic E-state index is -0.723. The Kier molecular flexibility index (Phi) is 6.32. The van der Waals surface area contributed by atoms with Crippen LogP contribution >= 0.6 is 0 Å². The van der Waals surface area contributed by atoms with Crippen LogP contribution in [0.3, 0.4) is 0 Å². The number of phenolic OH excluding ortho intramolecular Hbond substituents is 1. The zero-order valence-electron chi connectivity index (χ0n) is 18.1. The van der Waals surface area contributed by atoms with Crippen LogP contribution in [0.25, 0.3) is 11.0 Å². The zero-order chi connectivity index (χ0) is 22.7. The summed E-state index contributed by atoms with van der Waals surface area (Å²) >= 11 is 0. The SMILES string of the molecule is CN(C)CCCNC(=O)C[C@H](c1cc2c(cc1O)OCO2)c1coc2ccccc2c1=O. The number of carbonyl (C=O) groups excluding carboxylic acids is 1. The van der Waals surface area contributed by atoms with Crippen LogP contribution in [0.5, 0.6) is 17.2 Å². The van der Waals surface area contributed by atoms with Crippen LogP contribution in [0.1, 0.15) is 29.9 Å². The molecule has 0 aliphatic carbocycles. The molecule has 2 N–H and O–H groups in total. The molecule has 4 rings (SSSR count). The first-order valence-corrected chi connectivity index (χ1v) is 10.5. The van der Waals surface area contributed by atoms with Gasteiger partial charge >= 0.3 is 0 Å². The largest absolute Gasteiger partial charge is 0.508 e. The number of benzene rings is 2. The quantitative estimate of drug-likeness (QED) is 0.522. The van der Waals surface area contributed by atoms with Crippen molar-refractivity contribution >= 4 is 16.9 Å². The third kappa shape index (κ3) is 4.55. The number of carbonyl (C=O) groups is 1. The Bertz CT molecular complexity index is 1190. The number of amides is 1. The molecule has 3 aromatic rings. The molecule has 32 heavy (non-hydrogen) atoms. The zero-order valence-corrected chi connectivity index (χ0v) is 18.1. The second-order valence-corrected chi connectivity index (χ2v) is 8.04. The van der Waals surface area contributed by atoms with E-state index in [4.69, 9.17) is 13.9 Å². The molecule has 8 heteroatoms. The number of nitrogens with one attached hydrogen (secondary N) is 1. The molecule has 2 aromatic carbocycles. The first-order valence-electron chi connectivity index (χ1n) is 10.5. The van der Waals surface area contributed by atoms with Crippen molar-refractivity contribution in [3.63, 3.8) is 0 Å². The van der Waals surface area contributed by atoms with Crippen LogP contribution in [-0.4, -0.2) is 49.9 Å². The Morgan fingerprint density at radius 3 is 2.69 bits per heavy atom. The Labute approximate surface area is 185 Å². The van der Waals surface area contributed by atoms with E-state index in [1.165, 1.54) is 12.3 Å². The van der Waals surface area contributed by atoms with E-state index in [0.717, 1.165) is 13.0 Å². The Hall–Kier alpha value is -3.52. The summed E-state index contributed by atoms with van der Waals surface area (Å²) in [6.45, 7) is 1.41. The second kappa shape index (κ2) is 9.32. The van der Waals surface area contributed by atoms with Gasteiger partial charge < -0.3 is 29.2 Å². The highest BCUT2D eigenvalue weighted by Gasteiger charge is 2.28. The van der Waals surface area contributed by atoms with Gasteiger partial charge in [0.25, 0.3) is 0 Å². The molecule has 0 saturated heterocycles. The van der Waals surface area contributed by atoms with Gasteiger partial charge in [0.1, 0.15) is 11.3 Å². The fraction of sp³-hybridized carbons (Fsp3) is 0.333. The molecular formula is C24H26N2O6. The van der Waals surface area contributed by atoms with Crippen molar-refractivity contribution in [1.29, 1.82) is 0 Å². The minimum absolute atomic E-state index is 0.0295. The molecule has 0 spiro atoms. The lowest BCUT2D eigenvalue weighted by atomic mass is 9.87. The summed E-state index contributed by atoms with van der Waals surface area (Å²) in [6.07, 6.45) is 2.15. The maximum absolute atomic E-state index is 13.3. The van der Waals surface area contributed by atoms with Crippen LogP contribution in [0.2, 0.25) is 0 Å². The molecule has 0 radical (unpaired) electrons. The predicted molar refractivity (Wildman–Crippen MR) is 119 cm³/mol. The number of rotatable bonds is 8. The molecule has 0 saturated carbocycles. The van der Waals surface area contributed by atoms with Crippen molar-refractivity contribution in [3.8, 4) is 17.2 Å². The van der Waals surface area contributed by atoms with Crippen LogP contribution in [0.4, 0.5) is 0 Å². The average molecular weight is 438 g/mol. The average Bonchev–Trinajstić information content (AvgIpc) is 3.22. The van der Waals surface area contributed by atoms with Crippen molar-refractivity contribution < 1.29 is 23.8 Å². The molecule has 0 fully saturated rings. The van der Waals surface area contributed by atoms with Crippen LogP contribution in [0.15, 0.2) is 51.9 Å². The second-order valence-electron chi connectivity index (χ2n) is 8.04. The lowest BCUT2D eigenvalue weighted by Gasteiger charge is -2.19. The van der Waals surface area contributed by atoms with Gasteiger partial charge in [0.05, 0.1) is 11.6 Å². The van der Waals surface area contributed by atoms with Crippen molar-refractivity contribution in [2.45, 2.75) is 18.8 Å². The molecule has 168 valence electrons. The topological polar surface area (TPSA) is 101 Å². The van der Waals surface area contributed by atoms with Crippen LogP contribution in [-0.2, 0) is 4.79 Å². The first kappa shape index (κ1) is 21.7. The van der Waals surface area contributed by atoms with Crippen molar-refractivity contribution in [2.24, 2.45) is 0 Å². The van der Waals surface area contributed by atoms with Crippen molar-refractivity contribution in [3.05, 3.63) is 64.0 Å². The molecule has 8 nitrogen and oxygen atoms in total. The molecule has 1 aliphatic rings. The van der Waals surface area contributed by atoms with E-state index in [9.17, 15) is 14.7 Å². The number of aromatic hydroxyl groups is 1. The van der Waals surface area contributed by atoms with Gasteiger partial charge in [0.2, 0.25) is 12.7 Å². The Morgan fingerprint density at radius 1 is 1.16 bits per heavy atom. The summed E-state index contributed by atoms with van der Waals surface area (Å²) < 4.78 is 16.5.